The number of nitrogens with zero attached hydrogens (tertiary/aromatic N) is 3. The third kappa shape index (κ3) is 3.91. The van der Waals surface area contributed by atoms with E-state index in [9.17, 15) is 13.2 Å². The summed E-state index contributed by atoms with van der Waals surface area (Å²) < 4.78 is 30.1. The van der Waals surface area contributed by atoms with Crippen molar-refractivity contribution in [1.29, 1.82) is 0 Å². The summed E-state index contributed by atoms with van der Waals surface area (Å²) in [5, 5.41) is 7.11. The third-order valence-electron chi connectivity index (χ3n) is 4.55. The van der Waals surface area contributed by atoms with Crippen LogP contribution in [0.5, 0.6) is 0 Å². The first-order valence-electron chi connectivity index (χ1n) is 9.03. The number of nitrogens with one attached hydrogen (secondary N) is 2. The zero-order valence-electron chi connectivity index (χ0n) is 16.5. The van der Waals surface area contributed by atoms with E-state index in [0.717, 1.165) is 15.8 Å². The molecule has 0 aliphatic rings. The molecular formula is C20H19N5O3S2. The van der Waals surface area contributed by atoms with Gasteiger partial charge in [-0.15, -0.1) is 0 Å². The van der Waals surface area contributed by atoms with E-state index in [2.05, 4.69) is 20.1 Å². The minimum atomic E-state index is -3.74. The second-order valence-corrected chi connectivity index (χ2v) is 9.58. The number of thiazole rings is 1. The van der Waals surface area contributed by atoms with Crippen LogP contribution in [0.1, 0.15) is 21.6 Å². The maximum Gasteiger partial charge on any atom is 0.273 e. The molecule has 0 spiro atoms. The van der Waals surface area contributed by atoms with Gasteiger partial charge in [-0.2, -0.15) is 5.10 Å². The van der Waals surface area contributed by atoms with Crippen molar-refractivity contribution in [3.05, 3.63) is 65.5 Å². The molecule has 0 unspecified atom stereocenters. The fraction of sp³-hybridized carbons (Fsp3) is 0.150. The van der Waals surface area contributed by atoms with Crippen molar-refractivity contribution in [3.8, 4) is 0 Å². The van der Waals surface area contributed by atoms with Gasteiger partial charge in [0.05, 0.1) is 15.1 Å². The maximum atomic E-state index is 12.6. The van der Waals surface area contributed by atoms with Crippen molar-refractivity contribution in [2.24, 2.45) is 7.05 Å². The third-order valence-corrected chi connectivity index (χ3v) is 6.95. The number of aromatic nitrogens is 3. The highest BCUT2D eigenvalue weighted by Gasteiger charge is 2.18. The molecule has 0 aliphatic heterocycles. The van der Waals surface area contributed by atoms with E-state index >= 15 is 0 Å². The van der Waals surface area contributed by atoms with Gasteiger partial charge >= 0.3 is 0 Å². The van der Waals surface area contributed by atoms with Crippen molar-refractivity contribution in [2.45, 2.75) is 18.7 Å². The molecule has 0 fully saturated rings. The van der Waals surface area contributed by atoms with Gasteiger partial charge in [0, 0.05) is 18.9 Å². The van der Waals surface area contributed by atoms with Crippen molar-refractivity contribution < 1.29 is 13.2 Å². The van der Waals surface area contributed by atoms with Gasteiger partial charge in [-0.25, -0.2) is 13.4 Å². The molecule has 2 N–H and O–H groups in total. The summed E-state index contributed by atoms with van der Waals surface area (Å²) in [6, 6.07) is 11.8. The van der Waals surface area contributed by atoms with Crippen LogP contribution in [-0.4, -0.2) is 29.1 Å². The molecule has 2 heterocycles. The number of aryl methyl sites for hydroxylation is 3. The standard InChI is InChI=1S/C20H19N5O3S2/c1-12-4-6-15(7-5-12)30(27,28)24-20-23-18-13(2)10-14(11-17(18)29-20)22-19(26)16-8-9-21-25(16)3/h4-11H,1-3H3,(H,22,26)(H,23,24). The topological polar surface area (TPSA) is 106 Å². The minimum Gasteiger partial charge on any atom is -0.321 e. The van der Waals surface area contributed by atoms with E-state index in [0.29, 0.717) is 16.9 Å². The average Bonchev–Trinajstić information content (AvgIpc) is 3.27. The van der Waals surface area contributed by atoms with Crippen LogP contribution in [0.15, 0.2) is 53.6 Å². The molecule has 0 saturated carbocycles. The van der Waals surface area contributed by atoms with Gasteiger partial charge < -0.3 is 5.32 Å². The molecule has 0 aliphatic carbocycles. The highest BCUT2D eigenvalue weighted by Crippen LogP contribution is 2.32. The predicted molar refractivity (Wildman–Crippen MR) is 118 cm³/mol. The van der Waals surface area contributed by atoms with Crippen LogP contribution in [0, 0.1) is 13.8 Å². The maximum absolute atomic E-state index is 12.6. The highest BCUT2D eigenvalue weighted by atomic mass is 32.2. The summed E-state index contributed by atoms with van der Waals surface area (Å²) in [5.41, 5.74) is 3.52. The van der Waals surface area contributed by atoms with E-state index in [1.807, 2.05) is 13.8 Å². The first kappa shape index (κ1) is 20.0. The molecule has 0 atom stereocenters. The Labute approximate surface area is 177 Å². The van der Waals surface area contributed by atoms with E-state index in [-0.39, 0.29) is 15.9 Å². The fourth-order valence-corrected chi connectivity index (χ4v) is 5.21. The molecule has 154 valence electrons. The molecule has 4 aromatic rings. The number of anilines is 2. The molecule has 0 saturated heterocycles. The first-order chi connectivity index (χ1) is 14.2. The number of fused-ring (bicyclic) bond motifs is 1. The number of hydrogen-bond acceptors (Lipinski definition) is 6. The Morgan fingerprint density at radius 3 is 2.50 bits per heavy atom. The van der Waals surface area contributed by atoms with E-state index < -0.39 is 10.0 Å². The Morgan fingerprint density at radius 2 is 1.83 bits per heavy atom. The lowest BCUT2D eigenvalue weighted by Crippen LogP contribution is -2.16. The quantitative estimate of drug-likeness (QED) is 0.491. The van der Waals surface area contributed by atoms with Crippen molar-refractivity contribution >= 4 is 48.3 Å². The van der Waals surface area contributed by atoms with Crippen LogP contribution in [0.4, 0.5) is 10.8 Å². The minimum absolute atomic E-state index is 0.174. The number of sulfonamides is 1. The van der Waals surface area contributed by atoms with Gasteiger partial charge in [0.1, 0.15) is 5.69 Å². The zero-order valence-corrected chi connectivity index (χ0v) is 18.1. The van der Waals surface area contributed by atoms with Crippen LogP contribution in [-0.2, 0) is 17.1 Å². The SMILES string of the molecule is Cc1ccc(S(=O)(=O)Nc2nc3c(C)cc(NC(=O)c4ccnn4C)cc3s2)cc1. The van der Waals surface area contributed by atoms with Gasteiger partial charge in [-0.3, -0.25) is 14.2 Å². The van der Waals surface area contributed by atoms with Gasteiger partial charge in [0.2, 0.25) is 0 Å². The van der Waals surface area contributed by atoms with Crippen LogP contribution in [0.3, 0.4) is 0 Å². The summed E-state index contributed by atoms with van der Waals surface area (Å²) in [4.78, 5) is 17.0. The number of hydrogen-bond donors (Lipinski definition) is 2. The second-order valence-electron chi connectivity index (χ2n) is 6.87. The molecule has 0 bridgehead atoms. The predicted octanol–water partition coefficient (Wildman–Crippen LogP) is 3.70. The molecule has 2 aromatic heterocycles. The van der Waals surface area contributed by atoms with Crippen LogP contribution in [0.25, 0.3) is 10.2 Å². The summed E-state index contributed by atoms with van der Waals surface area (Å²) in [5.74, 6) is -0.279. The van der Waals surface area contributed by atoms with Crippen molar-refractivity contribution in [2.75, 3.05) is 10.0 Å². The lowest BCUT2D eigenvalue weighted by atomic mass is 10.2. The lowest BCUT2D eigenvalue weighted by Gasteiger charge is -2.06. The second kappa shape index (κ2) is 7.54. The number of carbonyl (C=O) groups excluding carboxylic acids is 1. The van der Waals surface area contributed by atoms with Crippen LogP contribution < -0.4 is 10.0 Å². The molecular weight excluding hydrogens is 422 g/mol. The van der Waals surface area contributed by atoms with Crippen molar-refractivity contribution in [3.63, 3.8) is 0 Å². The molecule has 1 amide bonds. The summed E-state index contributed by atoms with van der Waals surface area (Å²) in [6.45, 7) is 3.75. The Hall–Kier alpha value is -3.24. The Balaban J connectivity index is 1.61. The zero-order chi connectivity index (χ0) is 21.5. The molecule has 10 heteroatoms. The number of benzene rings is 2. The molecule has 0 radical (unpaired) electrons. The van der Waals surface area contributed by atoms with Gasteiger partial charge in [-0.05, 0) is 49.7 Å². The number of rotatable bonds is 5. The monoisotopic (exact) mass is 441 g/mol. The summed E-state index contributed by atoms with van der Waals surface area (Å²) in [7, 11) is -2.04. The van der Waals surface area contributed by atoms with Gasteiger partial charge in [-0.1, -0.05) is 29.0 Å². The first-order valence-corrected chi connectivity index (χ1v) is 11.3. The van der Waals surface area contributed by atoms with Gasteiger partial charge in [0.25, 0.3) is 15.9 Å². The number of carbonyl (C=O) groups is 1. The summed E-state index contributed by atoms with van der Waals surface area (Å²) >= 11 is 1.21. The molecule has 8 nitrogen and oxygen atoms in total. The van der Waals surface area contributed by atoms with Crippen molar-refractivity contribution in [1.82, 2.24) is 14.8 Å². The number of amides is 1. The Morgan fingerprint density at radius 1 is 1.10 bits per heavy atom. The normalized spacial score (nSPS) is 11.6. The smallest absolute Gasteiger partial charge is 0.273 e. The molecule has 4 rings (SSSR count). The highest BCUT2D eigenvalue weighted by molar-refractivity contribution is 7.93. The Kier molecular flexibility index (Phi) is 5.04. The Bertz CT molecular complexity index is 1360. The molecule has 2 aromatic carbocycles. The van der Waals surface area contributed by atoms with Gasteiger partial charge in [0.15, 0.2) is 5.13 Å². The molecule has 30 heavy (non-hydrogen) atoms. The van der Waals surface area contributed by atoms with E-state index in [4.69, 9.17) is 0 Å². The van der Waals surface area contributed by atoms with E-state index in [1.165, 1.54) is 16.0 Å². The van der Waals surface area contributed by atoms with E-state index in [1.54, 1.807) is 55.7 Å². The average molecular weight is 442 g/mol. The largest absolute Gasteiger partial charge is 0.321 e. The van der Waals surface area contributed by atoms with Crippen LogP contribution in [0.2, 0.25) is 0 Å². The van der Waals surface area contributed by atoms with Crippen LogP contribution >= 0.6 is 11.3 Å². The summed E-state index contributed by atoms with van der Waals surface area (Å²) in [6.07, 6.45) is 1.55. The lowest BCUT2D eigenvalue weighted by molar-refractivity contribution is 0.101. The fourth-order valence-electron chi connectivity index (χ4n) is 3.00.